The van der Waals surface area contributed by atoms with Crippen molar-refractivity contribution in [2.75, 3.05) is 24.2 Å². The molecular weight excluding hydrogens is 166 g/mol. The molecule has 0 atom stereocenters. The minimum absolute atomic E-state index is 0.00909. The van der Waals surface area contributed by atoms with Gasteiger partial charge in [-0.25, -0.2) is 0 Å². The molecule has 4 N–H and O–H groups in total. The summed E-state index contributed by atoms with van der Waals surface area (Å²) in [4.78, 5) is 12.7. The highest BCUT2D eigenvalue weighted by Crippen LogP contribution is 2.20. The van der Waals surface area contributed by atoms with E-state index in [0.29, 0.717) is 11.4 Å². The Labute approximate surface area is 77.1 Å². The maximum Gasteiger partial charge on any atom is 0.240 e. The van der Waals surface area contributed by atoms with Gasteiger partial charge in [-0.2, -0.15) is 0 Å². The summed E-state index contributed by atoms with van der Waals surface area (Å²) in [6.45, 7) is -0.00909. The first-order chi connectivity index (χ1) is 6.16. The summed E-state index contributed by atoms with van der Waals surface area (Å²) in [6, 6.07) is 7.17. The van der Waals surface area contributed by atoms with Crippen LogP contribution in [0.2, 0.25) is 0 Å². The molecule has 1 aromatic carbocycles. The molecule has 0 spiro atoms. The molecule has 0 saturated carbocycles. The van der Waals surface area contributed by atoms with Gasteiger partial charge in [0, 0.05) is 7.05 Å². The molecule has 0 fully saturated rings. The van der Waals surface area contributed by atoms with Crippen LogP contribution in [0.25, 0.3) is 0 Å². The van der Waals surface area contributed by atoms with Gasteiger partial charge in [0.15, 0.2) is 0 Å². The fourth-order valence-corrected chi connectivity index (χ4v) is 1.06. The van der Waals surface area contributed by atoms with Crippen molar-refractivity contribution in [2.24, 2.45) is 5.73 Å². The van der Waals surface area contributed by atoms with E-state index in [2.05, 4.69) is 0 Å². The van der Waals surface area contributed by atoms with E-state index in [4.69, 9.17) is 11.5 Å². The van der Waals surface area contributed by atoms with E-state index in [-0.39, 0.29) is 12.5 Å². The quantitative estimate of drug-likeness (QED) is 0.636. The number of para-hydroxylation sites is 2. The summed E-state index contributed by atoms with van der Waals surface area (Å²) in [7, 11) is 1.65. The summed E-state index contributed by atoms with van der Waals surface area (Å²) in [5, 5.41) is 0. The lowest BCUT2D eigenvalue weighted by Crippen LogP contribution is -2.32. The molecular formula is C9H13N3O. The number of carbonyl (C=O) groups excluding carboxylic acids is 1. The second-order valence-corrected chi connectivity index (χ2v) is 2.72. The fraction of sp³-hybridized carbons (Fsp3) is 0.222. The number of nitrogens with zero attached hydrogens (tertiary/aromatic N) is 1. The van der Waals surface area contributed by atoms with E-state index in [1.165, 1.54) is 4.90 Å². The van der Waals surface area contributed by atoms with E-state index in [0.717, 1.165) is 0 Å². The second kappa shape index (κ2) is 3.91. The molecule has 0 aliphatic heterocycles. The predicted molar refractivity (Wildman–Crippen MR) is 53.3 cm³/mol. The molecule has 1 aromatic rings. The molecule has 0 aliphatic carbocycles. The SMILES string of the molecule is CN(C(=O)CN)c1ccccc1N. The van der Waals surface area contributed by atoms with Gasteiger partial charge in [0.1, 0.15) is 0 Å². The first kappa shape index (κ1) is 9.54. The van der Waals surface area contributed by atoms with Crippen LogP contribution in [0.1, 0.15) is 0 Å². The maximum atomic E-state index is 11.2. The molecule has 0 saturated heterocycles. The zero-order valence-corrected chi connectivity index (χ0v) is 7.53. The van der Waals surface area contributed by atoms with Crippen molar-refractivity contribution in [3.63, 3.8) is 0 Å². The Morgan fingerprint density at radius 1 is 1.46 bits per heavy atom. The van der Waals surface area contributed by atoms with Gasteiger partial charge in [-0.1, -0.05) is 12.1 Å². The third-order valence-corrected chi connectivity index (χ3v) is 1.85. The van der Waals surface area contributed by atoms with Crippen molar-refractivity contribution < 1.29 is 4.79 Å². The highest BCUT2D eigenvalue weighted by Gasteiger charge is 2.10. The van der Waals surface area contributed by atoms with Crippen LogP contribution in [-0.4, -0.2) is 19.5 Å². The molecule has 13 heavy (non-hydrogen) atoms. The molecule has 0 aliphatic rings. The van der Waals surface area contributed by atoms with Crippen LogP contribution in [0.5, 0.6) is 0 Å². The molecule has 4 heteroatoms. The number of carbonyl (C=O) groups is 1. The average molecular weight is 179 g/mol. The zero-order chi connectivity index (χ0) is 9.84. The zero-order valence-electron chi connectivity index (χ0n) is 7.53. The monoisotopic (exact) mass is 179 g/mol. The summed E-state index contributed by atoms with van der Waals surface area (Å²) >= 11 is 0. The fourth-order valence-electron chi connectivity index (χ4n) is 1.06. The number of nitrogen functional groups attached to an aromatic ring is 1. The number of benzene rings is 1. The van der Waals surface area contributed by atoms with Crippen LogP contribution in [-0.2, 0) is 4.79 Å². The van der Waals surface area contributed by atoms with Crippen molar-refractivity contribution >= 4 is 17.3 Å². The molecule has 0 aromatic heterocycles. The topological polar surface area (TPSA) is 72.3 Å². The lowest BCUT2D eigenvalue weighted by atomic mass is 10.2. The standard InChI is InChI=1S/C9H13N3O/c1-12(9(13)6-10)8-5-3-2-4-7(8)11/h2-5H,6,10-11H2,1H3. The van der Waals surface area contributed by atoms with Gasteiger partial charge in [0.2, 0.25) is 5.91 Å². The van der Waals surface area contributed by atoms with Gasteiger partial charge >= 0.3 is 0 Å². The van der Waals surface area contributed by atoms with Gasteiger partial charge in [-0.3, -0.25) is 4.79 Å². The summed E-state index contributed by atoms with van der Waals surface area (Å²) in [5.74, 6) is -0.155. The Bertz CT molecular complexity index is 311. The molecule has 4 nitrogen and oxygen atoms in total. The van der Waals surface area contributed by atoms with E-state index in [1.807, 2.05) is 12.1 Å². The Hall–Kier alpha value is -1.55. The molecule has 1 rings (SSSR count). The minimum atomic E-state index is -0.155. The van der Waals surface area contributed by atoms with E-state index < -0.39 is 0 Å². The normalized spacial score (nSPS) is 9.69. The van der Waals surface area contributed by atoms with Crippen molar-refractivity contribution in [1.82, 2.24) is 0 Å². The molecule has 0 bridgehead atoms. The minimum Gasteiger partial charge on any atom is -0.397 e. The van der Waals surface area contributed by atoms with Crippen LogP contribution in [0, 0.1) is 0 Å². The summed E-state index contributed by atoms with van der Waals surface area (Å²) < 4.78 is 0. The molecule has 0 heterocycles. The number of anilines is 2. The molecule has 1 amide bonds. The Balaban J connectivity index is 2.95. The highest BCUT2D eigenvalue weighted by atomic mass is 16.2. The number of likely N-dealkylation sites (N-methyl/N-ethyl adjacent to an activating group) is 1. The van der Waals surface area contributed by atoms with Crippen LogP contribution in [0.4, 0.5) is 11.4 Å². The Morgan fingerprint density at radius 2 is 2.08 bits per heavy atom. The van der Waals surface area contributed by atoms with Crippen molar-refractivity contribution in [3.8, 4) is 0 Å². The number of rotatable bonds is 2. The largest absolute Gasteiger partial charge is 0.397 e. The summed E-state index contributed by atoms with van der Waals surface area (Å²) in [6.07, 6.45) is 0. The van der Waals surface area contributed by atoms with E-state index in [1.54, 1.807) is 19.2 Å². The van der Waals surface area contributed by atoms with Crippen LogP contribution < -0.4 is 16.4 Å². The Kier molecular flexibility index (Phi) is 2.87. The van der Waals surface area contributed by atoms with Crippen molar-refractivity contribution in [2.45, 2.75) is 0 Å². The smallest absolute Gasteiger partial charge is 0.240 e. The highest BCUT2D eigenvalue weighted by molar-refractivity contribution is 5.96. The van der Waals surface area contributed by atoms with E-state index in [9.17, 15) is 4.79 Å². The Morgan fingerprint density at radius 3 is 2.62 bits per heavy atom. The maximum absolute atomic E-state index is 11.2. The summed E-state index contributed by atoms with van der Waals surface area (Å²) in [5.41, 5.74) is 12.2. The van der Waals surface area contributed by atoms with Gasteiger partial charge in [-0.15, -0.1) is 0 Å². The van der Waals surface area contributed by atoms with Crippen LogP contribution in [0.3, 0.4) is 0 Å². The van der Waals surface area contributed by atoms with Gasteiger partial charge in [0.25, 0.3) is 0 Å². The van der Waals surface area contributed by atoms with Crippen molar-refractivity contribution in [3.05, 3.63) is 24.3 Å². The first-order valence-corrected chi connectivity index (χ1v) is 3.98. The number of nitrogens with two attached hydrogens (primary N) is 2. The molecule has 0 radical (unpaired) electrons. The van der Waals surface area contributed by atoms with Crippen LogP contribution >= 0.6 is 0 Å². The number of hydrogen-bond acceptors (Lipinski definition) is 3. The van der Waals surface area contributed by atoms with Crippen LogP contribution in [0.15, 0.2) is 24.3 Å². The predicted octanol–water partition coefficient (Wildman–Crippen LogP) is 0.190. The molecule has 70 valence electrons. The number of amides is 1. The lowest BCUT2D eigenvalue weighted by molar-refractivity contribution is -0.117. The van der Waals surface area contributed by atoms with E-state index >= 15 is 0 Å². The third kappa shape index (κ3) is 1.97. The van der Waals surface area contributed by atoms with Gasteiger partial charge in [-0.05, 0) is 12.1 Å². The lowest BCUT2D eigenvalue weighted by Gasteiger charge is -2.17. The molecule has 0 unspecified atom stereocenters. The van der Waals surface area contributed by atoms with Gasteiger partial charge in [0.05, 0.1) is 17.9 Å². The number of hydrogen-bond donors (Lipinski definition) is 2. The first-order valence-electron chi connectivity index (χ1n) is 3.98. The third-order valence-electron chi connectivity index (χ3n) is 1.85. The van der Waals surface area contributed by atoms with Crippen molar-refractivity contribution in [1.29, 1.82) is 0 Å². The second-order valence-electron chi connectivity index (χ2n) is 2.72. The average Bonchev–Trinajstić information content (AvgIpc) is 2.16. The van der Waals surface area contributed by atoms with Gasteiger partial charge < -0.3 is 16.4 Å².